The zero-order chi connectivity index (χ0) is 13.5. The van der Waals surface area contributed by atoms with Crippen LogP contribution in [0.15, 0.2) is 5.16 Å². The molecule has 1 aromatic heterocycles. The van der Waals surface area contributed by atoms with Crippen LogP contribution >= 0.6 is 11.8 Å². The number of rotatable bonds is 7. The summed E-state index contributed by atoms with van der Waals surface area (Å²) in [5, 5.41) is 13.6. The molecule has 1 N–H and O–H groups in total. The molecule has 1 aliphatic rings. The second-order valence-corrected chi connectivity index (χ2v) is 6.39. The molecule has 0 aromatic carbocycles. The number of nitrogens with one attached hydrogen (secondary N) is 1. The van der Waals surface area contributed by atoms with E-state index >= 15 is 0 Å². The van der Waals surface area contributed by atoms with Gasteiger partial charge in [0.15, 0.2) is 5.16 Å². The van der Waals surface area contributed by atoms with Gasteiger partial charge in [-0.05, 0) is 12.8 Å². The Morgan fingerprint density at radius 3 is 3.11 bits per heavy atom. The molecule has 0 spiro atoms. The Balaban J connectivity index is 1.83. The van der Waals surface area contributed by atoms with Gasteiger partial charge in [-0.15, -0.1) is 10.2 Å². The van der Waals surface area contributed by atoms with Crippen molar-refractivity contribution in [1.82, 2.24) is 20.1 Å². The highest BCUT2D eigenvalue weighted by molar-refractivity contribution is 7.99. The van der Waals surface area contributed by atoms with E-state index in [1.165, 1.54) is 25.1 Å². The van der Waals surface area contributed by atoms with E-state index in [1.54, 1.807) is 7.11 Å². The zero-order valence-electron chi connectivity index (χ0n) is 11.9. The third-order valence-corrected chi connectivity index (χ3v) is 4.38. The molecule has 108 valence electrons. The molecule has 1 aromatic rings. The van der Waals surface area contributed by atoms with Gasteiger partial charge in [-0.3, -0.25) is 0 Å². The fourth-order valence-electron chi connectivity index (χ4n) is 2.25. The summed E-state index contributed by atoms with van der Waals surface area (Å²) in [7, 11) is 1.73. The largest absolute Gasteiger partial charge is 0.383 e. The van der Waals surface area contributed by atoms with Gasteiger partial charge in [-0.1, -0.05) is 25.1 Å². The van der Waals surface area contributed by atoms with Gasteiger partial charge in [0.1, 0.15) is 5.82 Å². The molecule has 0 amide bonds. The first-order chi connectivity index (χ1) is 9.31. The summed E-state index contributed by atoms with van der Waals surface area (Å²) in [4.78, 5) is 0. The Kier molecular flexibility index (Phi) is 6.13. The van der Waals surface area contributed by atoms with Crippen LogP contribution in [0.4, 0.5) is 0 Å². The van der Waals surface area contributed by atoms with Crippen LogP contribution in [0.5, 0.6) is 0 Å². The summed E-state index contributed by atoms with van der Waals surface area (Å²) in [6.07, 6.45) is 4.88. The maximum absolute atomic E-state index is 5.02. The van der Waals surface area contributed by atoms with Crippen LogP contribution in [0.25, 0.3) is 0 Å². The molecule has 0 radical (unpaired) electrons. The van der Waals surface area contributed by atoms with E-state index in [9.17, 15) is 0 Å². The molecular formula is C13H24N4OS. The lowest BCUT2D eigenvalue weighted by Gasteiger charge is -2.12. The summed E-state index contributed by atoms with van der Waals surface area (Å²) in [6.45, 7) is 5.94. The molecule has 0 aliphatic carbocycles. The van der Waals surface area contributed by atoms with Crippen molar-refractivity contribution in [1.29, 1.82) is 0 Å². The van der Waals surface area contributed by atoms with Gasteiger partial charge in [-0.2, -0.15) is 0 Å². The molecule has 0 bridgehead atoms. The van der Waals surface area contributed by atoms with Crippen molar-refractivity contribution in [3.05, 3.63) is 5.82 Å². The number of nitrogens with zero attached hydrogens (tertiary/aromatic N) is 3. The van der Waals surface area contributed by atoms with Crippen molar-refractivity contribution in [2.75, 3.05) is 26.8 Å². The van der Waals surface area contributed by atoms with Crippen LogP contribution in [-0.4, -0.2) is 46.8 Å². The summed E-state index contributed by atoms with van der Waals surface area (Å²) < 4.78 is 7.33. The van der Waals surface area contributed by atoms with Gasteiger partial charge in [-0.25, -0.2) is 0 Å². The maximum atomic E-state index is 5.02. The fourth-order valence-corrected chi connectivity index (χ4v) is 3.22. The Morgan fingerprint density at radius 1 is 1.37 bits per heavy atom. The number of aromatic nitrogens is 3. The zero-order valence-corrected chi connectivity index (χ0v) is 12.7. The first-order valence-electron chi connectivity index (χ1n) is 7.09. The number of methoxy groups -OCH3 is 1. The van der Waals surface area contributed by atoms with E-state index in [2.05, 4.69) is 27.0 Å². The van der Waals surface area contributed by atoms with Crippen molar-refractivity contribution in [2.45, 2.75) is 49.6 Å². The number of thioether (sulfide) groups is 1. The molecule has 19 heavy (non-hydrogen) atoms. The predicted octanol–water partition coefficient (Wildman–Crippen LogP) is 1.72. The van der Waals surface area contributed by atoms with Crippen molar-refractivity contribution in [3.63, 3.8) is 0 Å². The highest BCUT2D eigenvalue weighted by Crippen LogP contribution is 2.24. The highest BCUT2D eigenvalue weighted by Gasteiger charge is 2.16. The van der Waals surface area contributed by atoms with Crippen LogP contribution in [0.3, 0.4) is 0 Å². The molecule has 6 heteroatoms. The third-order valence-electron chi connectivity index (χ3n) is 3.30. The number of ether oxygens (including phenoxy) is 1. The molecule has 0 saturated carbocycles. The predicted molar refractivity (Wildman–Crippen MR) is 77.6 cm³/mol. The number of fused-ring (bicyclic) bond motifs is 1. The van der Waals surface area contributed by atoms with Crippen molar-refractivity contribution >= 4 is 11.8 Å². The number of aryl methyl sites for hydroxylation is 1. The lowest BCUT2D eigenvalue weighted by molar-refractivity contribution is 0.199. The smallest absolute Gasteiger partial charge is 0.191 e. The van der Waals surface area contributed by atoms with E-state index in [-0.39, 0.29) is 0 Å². The summed E-state index contributed by atoms with van der Waals surface area (Å²) >= 11 is 1.82. The Hall–Kier alpha value is -0.590. The Morgan fingerprint density at radius 2 is 2.26 bits per heavy atom. The lowest BCUT2D eigenvalue weighted by Crippen LogP contribution is -2.26. The third kappa shape index (κ3) is 4.47. The monoisotopic (exact) mass is 284 g/mol. The van der Waals surface area contributed by atoms with Crippen LogP contribution in [0.2, 0.25) is 0 Å². The van der Waals surface area contributed by atoms with Crippen LogP contribution in [0, 0.1) is 0 Å². The van der Waals surface area contributed by atoms with Gasteiger partial charge in [0, 0.05) is 38.4 Å². The minimum absolute atomic E-state index is 0.494. The molecule has 1 atom stereocenters. The van der Waals surface area contributed by atoms with Gasteiger partial charge in [0.2, 0.25) is 0 Å². The second kappa shape index (κ2) is 7.87. The van der Waals surface area contributed by atoms with Crippen molar-refractivity contribution in [2.24, 2.45) is 0 Å². The molecule has 5 nitrogen and oxygen atoms in total. The van der Waals surface area contributed by atoms with Crippen LogP contribution < -0.4 is 5.32 Å². The van der Waals surface area contributed by atoms with E-state index in [0.29, 0.717) is 5.25 Å². The quantitative estimate of drug-likeness (QED) is 0.610. The normalized spacial score (nSPS) is 16.9. The fraction of sp³-hybridized carbons (Fsp3) is 0.846. The molecule has 1 unspecified atom stereocenters. The number of hydrogen-bond acceptors (Lipinski definition) is 5. The van der Waals surface area contributed by atoms with E-state index in [1.807, 2.05) is 11.8 Å². The van der Waals surface area contributed by atoms with Gasteiger partial charge in [0.25, 0.3) is 0 Å². The van der Waals surface area contributed by atoms with Crippen molar-refractivity contribution in [3.8, 4) is 0 Å². The minimum Gasteiger partial charge on any atom is -0.383 e. The summed E-state index contributed by atoms with van der Waals surface area (Å²) in [5.74, 6) is 1.17. The SMILES string of the molecule is COCCNCC(C)Sc1nnc2n1CCCCC2. The summed E-state index contributed by atoms with van der Waals surface area (Å²) in [6, 6.07) is 0. The maximum Gasteiger partial charge on any atom is 0.191 e. The molecule has 2 rings (SSSR count). The topological polar surface area (TPSA) is 52.0 Å². The van der Waals surface area contributed by atoms with E-state index in [4.69, 9.17) is 4.74 Å². The number of hydrogen-bond donors (Lipinski definition) is 1. The molecule has 2 heterocycles. The van der Waals surface area contributed by atoms with Gasteiger partial charge < -0.3 is 14.6 Å². The first-order valence-corrected chi connectivity index (χ1v) is 7.97. The van der Waals surface area contributed by atoms with Crippen LogP contribution in [0.1, 0.15) is 32.0 Å². The highest BCUT2D eigenvalue weighted by atomic mass is 32.2. The molecule has 1 aliphatic heterocycles. The molecule has 0 saturated heterocycles. The summed E-state index contributed by atoms with van der Waals surface area (Å²) in [5.41, 5.74) is 0. The lowest BCUT2D eigenvalue weighted by atomic mass is 10.2. The van der Waals surface area contributed by atoms with Gasteiger partial charge in [0.05, 0.1) is 6.61 Å². The average molecular weight is 284 g/mol. The van der Waals surface area contributed by atoms with Crippen LogP contribution in [-0.2, 0) is 17.7 Å². The Labute approximate surface area is 119 Å². The first kappa shape index (κ1) is 14.8. The van der Waals surface area contributed by atoms with Gasteiger partial charge >= 0.3 is 0 Å². The van der Waals surface area contributed by atoms with E-state index < -0.39 is 0 Å². The average Bonchev–Trinajstić information content (AvgIpc) is 2.64. The standard InChI is InChI=1S/C13H24N4OS/c1-11(10-14-7-9-18-2)19-13-16-15-12-6-4-3-5-8-17(12)13/h11,14H,3-10H2,1-2H3. The Bertz CT molecular complexity index is 383. The van der Waals surface area contributed by atoms with E-state index in [0.717, 1.165) is 37.8 Å². The molecule has 0 fully saturated rings. The molecular weight excluding hydrogens is 260 g/mol. The minimum atomic E-state index is 0.494. The second-order valence-electron chi connectivity index (χ2n) is 4.99. The van der Waals surface area contributed by atoms with Crippen molar-refractivity contribution < 1.29 is 4.74 Å².